The Morgan fingerprint density at radius 2 is 0.829 bits per heavy atom. The Balaban J connectivity index is 1.75. The number of hydrogen-bond donors (Lipinski definition) is 0. The predicted molar refractivity (Wildman–Crippen MR) is 149 cm³/mol. The van der Waals surface area contributed by atoms with Gasteiger partial charge in [0.1, 0.15) is 0 Å². The first-order valence-corrected chi connectivity index (χ1v) is 12.9. The van der Waals surface area contributed by atoms with Crippen molar-refractivity contribution in [1.82, 2.24) is 0 Å². The van der Waals surface area contributed by atoms with Gasteiger partial charge in [0.2, 0.25) is 0 Å². The molecule has 1 saturated heterocycles. The van der Waals surface area contributed by atoms with Crippen molar-refractivity contribution >= 4 is 11.4 Å². The minimum absolute atomic E-state index is 0.193. The van der Waals surface area contributed by atoms with Gasteiger partial charge in [-0.25, -0.2) is 0 Å². The molecule has 35 heavy (non-hydrogen) atoms. The van der Waals surface area contributed by atoms with Crippen molar-refractivity contribution in [2.24, 2.45) is 0 Å². The van der Waals surface area contributed by atoms with Crippen molar-refractivity contribution in [3.05, 3.63) is 131 Å². The Labute approximate surface area is 210 Å². The van der Waals surface area contributed by atoms with E-state index in [4.69, 9.17) is 0 Å². The highest BCUT2D eigenvalue weighted by atomic mass is 15.4. The second-order valence-corrected chi connectivity index (χ2v) is 10.2. The Morgan fingerprint density at radius 3 is 1.20 bits per heavy atom. The van der Waals surface area contributed by atoms with Crippen molar-refractivity contribution in [2.45, 2.75) is 51.6 Å². The molecule has 0 aromatic heterocycles. The van der Waals surface area contributed by atoms with Gasteiger partial charge in [-0.3, -0.25) is 0 Å². The first kappa shape index (κ1) is 23.2. The lowest BCUT2D eigenvalue weighted by Gasteiger charge is -2.32. The van der Waals surface area contributed by atoms with E-state index < -0.39 is 0 Å². The number of para-hydroxylation sites is 2. The average molecular weight is 461 g/mol. The highest BCUT2D eigenvalue weighted by Gasteiger charge is 2.43. The summed E-state index contributed by atoms with van der Waals surface area (Å²) in [5.41, 5.74) is 8.18. The molecule has 1 fully saturated rings. The molecular weight excluding hydrogens is 424 g/mol. The maximum atomic E-state index is 2.64. The molecule has 2 heteroatoms. The molecule has 0 spiro atoms. The molecule has 0 N–H and O–H groups in total. The fraction of sp³-hybridized carbons (Fsp3) is 0.273. The molecule has 4 aromatic carbocycles. The summed E-state index contributed by atoms with van der Waals surface area (Å²) >= 11 is 0. The molecule has 0 bridgehead atoms. The van der Waals surface area contributed by atoms with Gasteiger partial charge in [0.25, 0.3) is 0 Å². The van der Waals surface area contributed by atoms with Gasteiger partial charge in [-0.15, -0.1) is 0 Å². The summed E-state index contributed by atoms with van der Waals surface area (Å²) in [6.45, 7) is 10.0. The van der Waals surface area contributed by atoms with Crippen molar-refractivity contribution in [2.75, 3.05) is 16.5 Å². The zero-order chi connectivity index (χ0) is 24.4. The summed E-state index contributed by atoms with van der Waals surface area (Å²) in [7, 11) is 0. The van der Waals surface area contributed by atoms with Crippen LogP contribution in [0.2, 0.25) is 0 Å². The van der Waals surface area contributed by atoms with E-state index in [2.05, 4.69) is 147 Å². The fourth-order valence-electron chi connectivity index (χ4n) is 5.63. The maximum Gasteiger partial charge on any atom is 0.0917 e. The summed E-state index contributed by atoms with van der Waals surface area (Å²) in [4.78, 5) is 5.28. The molecule has 0 unspecified atom stereocenters. The third-order valence-corrected chi connectivity index (χ3v) is 7.29. The second-order valence-electron chi connectivity index (χ2n) is 10.2. The van der Waals surface area contributed by atoms with Crippen LogP contribution in [0, 0.1) is 0 Å². The van der Waals surface area contributed by atoms with Crippen LogP contribution in [0.1, 0.15) is 73.9 Å². The van der Waals surface area contributed by atoms with Crippen molar-refractivity contribution in [1.29, 1.82) is 0 Å². The van der Waals surface area contributed by atoms with Gasteiger partial charge in [0.05, 0.1) is 18.8 Å². The third-order valence-electron chi connectivity index (χ3n) is 7.29. The van der Waals surface area contributed by atoms with Gasteiger partial charge in [-0.1, -0.05) is 125 Å². The Kier molecular flexibility index (Phi) is 6.63. The summed E-state index contributed by atoms with van der Waals surface area (Å²) in [6.07, 6.45) is 0. The molecule has 2 nitrogen and oxygen atoms in total. The number of anilines is 2. The molecule has 2 atom stereocenters. The van der Waals surface area contributed by atoms with Crippen LogP contribution in [0.25, 0.3) is 0 Å². The first-order valence-electron chi connectivity index (χ1n) is 12.9. The van der Waals surface area contributed by atoms with E-state index in [9.17, 15) is 0 Å². The molecular formula is C33H36N2. The highest BCUT2D eigenvalue weighted by Crippen LogP contribution is 2.50. The molecule has 1 heterocycles. The van der Waals surface area contributed by atoms with E-state index in [1.165, 1.54) is 33.6 Å². The van der Waals surface area contributed by atoms with Gasteiger partial charge in [0, 0.05) is 11.4 Å². The number of benzene rings is 4. The normalized spacial score (nSPS) is 18.0. The van der Waals surface area contributed by atoms with Crippen molar-refractivity contribution < 1.29 is 0 Å². The monoisotopic (exact) mass is 460 g/mol. The highest BCUT2D eigenvalue weighted by molar-refractivity contribution is 5.66. The van der Waals surface area contributed by atoms with Crippen LogP contribution in [0.4, 0.5) is 11.4 Å². The lowest BCUT2D eigenvalue weighted by atomic mass is 9.91. The topological polar surface area (TPSA) is 6.48 Å². The summed E-state index contributed by atoms with van der Waals surface area (Å²) < 4.78 is 0. The summed E-state index contributed by atoms with van der Waals surface area (Å²) in [5.74, 6) is 0.907. The number of hydrogen-bond acceptors (Lipinski definition) is 2. The lowest BCUT2D eigenvalue weighted by Crippen LogP contribution is -2.28. The van der Waals surface area contributed by atoms with E-state index in [-0.39, 0.29) is 12.1 Å². The average Bonchev–Trinajstić information content (AvgIpc) is 3.30. The Bertz CT molecular complexity index is 1150. The van der Waals surface area contributed by atoms with Crippen LogP contribution >= 0.6 is 0 Å². The molecule has 5 rings (SSSR count). The maximum absolute atomic E-state index is 2.64. The summed E-state index contributed by atoms with van der Waals surface area (Å²) in [5, 5.41) is 0. The number of rotatable bonds is 6. The minimum Gasteiger partial charge on any atom is -0.344 e. The second kappa shape index (κ2) is 10.00. The van der Waals surface area contributed by atoms with Gasteiger partial charge < -0.3 is 9.80 Å². The molecule has 0 saturated carbocycles. The molecule has 0 amide bonds. The molecule has 4 aromatic rings. The molecule has 178 valence electrons. The van der Waals surface area contributed by atoms with Gasteiger partial charge in [0.15, 0.2) is 0 Å². The van der Waals surface area contributed by atoms with E-state index in [1.54, 1.807) is 0 Å². The SMILES string of the molecule is CC(C)c1ccccc1N1CN(c2ccccc2C(C)C)[C@H](c2ccccc2)[C@H]1c1ccccc1. The third kappa shape index (κ3) is 4.46. The minimum atomic E-state index is 0.193. The van der Waals surface area contributed by atoms with Crippen LogP contribution in [0.3, 0.4) is 0 Å². The largest absolute Gasteiger partial charge is 0.344 e. The van der Waals surface area contributed by atoms with E-state index in [1.807, 2.05) is 0 Å². The van der Waals surface area contributed by atoms with E-state index >= 15 is 0 Å². The van der Waals surface area contributed by atoms with Crippen LogP contribution in [0.15, 0.2) is 109 Å². The Hall–Kier alpha value is -3.52. The molecule has 0 aliphatic carbocycles. The summed E-state index contributed by atoms with van der Waals surface area (Å²) in [6, 6.07) is 40.4. The zero-order valence-electron chi connectivity index (χ0n) is 21.3. The first-order chi connectivity index (χ1) is 17.1. The van der Waals surface area contributed by atoms with Crippen LogP contribution in [0.5, 0.6) is 0 Å². The predicted octanol–water partition coefficient (Wildman–Crippen LogP) is 8.70. The van der Waals surface area contributed by atoms with Crippen LogP contribution < -0.4 is 9.80 Å². The Morgan fingerprint density at radius 1 is 0.486 bits per heavy atom. The van der Waals surface area contributed by atoms with Gasteiger partial charge in [-0.2, -0.15) is 0 Å². The number of nitrogens with zero attached hydrogens (tertiary/aromatic N) is 2. The standard InChI is InChI=1S/C33H36N2/c1-24(2)28-19-11-13-21-30(28)34-23-35(31-22-14-12-20-29(31)25(3)4)33(27-17-9-6-10-18-27)32(34)26-15-7-5-8-16-26/h5-22,24-25,32-33H,23H2,1-4H3/t32-,33-/m1/s1. The van der Waals surface area contributed by atoms with Crippen molar-refractivity contribution in [3.8, 4) is 0 Å². The molecule has 1 aliphatic heterocycles. The van der Waals surface area contributed by atoms with Crippen molar-refractivity contribution in [3.63, 3.8) is 0 Å². The molecule has 1 aliphatic rings. The van der Waals surface area contributed by atoms with Crippen LogP contribution in [-0.4, -0.2) is 6.67 Å². The van der Waals surface area contributed by atoms with Crippen LogP contribution in [-0.2, 0) is 0 Å². The lowest BCUT2D eigenvalue weighted by molar-refractivity contribution is 0.614. The smallest absolute Gasteiger partial charge is 0.0917 e. The van der Waals surface area contributed by atoms with Gasteiger partial charge in [-0.05, 0) is 46.2 Å². The van der Waals surface area contributed by atoms with E-state index in [0.717, 1.165) is 6.67 Å². The van der Waals surface area contributed by atoms with Gasteiger partial charge >= 0.3 is 0 Å². The quantitative estimate of drug-likeness (QED) is 0.284. The molecule has 0 radical (unpaired) electrons. The van der Waals surface area contributed by atoms with E-state index in [0.29, 0.717) is 11.8 Å². The fourth-order valence-corrected chi connectivity index (χ4v) is 5.63. The zero-order valence-corrected chi connectivity index (χ0v) is 21.3.